The molecular formula is C11H22N2. The molecule has 0 heterocycles. The molecule has 2 fully saturated rings. The Bertz CT molecular complexity index is 165. The van der Waals surface area contributed by atoms with Crippen LogP contribution in [-0.4, -0.2) is 36.6 Å². The van der Waals surface area contributed by atoms with Gasteiger partial charge in [0.1, 0.15) is 0 Å². The third-order valence-corrected chi connectivity index (χ3v) is 3.59. The van der Waals surface area contributed by atoms with E-state index in [0.717, 1.165) is 24.7 Å². The maximum absolute atomic E-state index is 3.62. The topological polar surface area (TPSA) is 15.3 Å². The first-order valence-electron chi connectivity index (χ1n) is 5.78. The fourth-order valence-electron chi connectivity index (χ4n) is 2.68. The van der Waals surface area contributed by atoms with Gasteiger partial charge in [0.15, 0.2) is 0 Å². The molecule has 0 radical (unpaired) electrons. The van der Waals surface area contributed by atoms with Crippen molar-refractivity contribution in [3.8, 4) is 0 Å². The molecule has 2 nitrogen and oxygen atoms in total. The van der Waals surface area contributed by atoms with Gasteiger partial charge in [-0.05, 0) is 39.3 Å². The maximum Gasteiger partial charge on any atom is 0.0249 e. The molecule has 0 bridgehead atoms. The van der Waals surface area contributed by atoms with E-state index in [9.17, 15) is 0 Å². The molecule has 0 saturated heterocycles. The number of hydrogen-bond acceptors (Lipinski definition) is 2. The van der Waals surface area contributed by atoms with Gasteiger partial charge in [-0.3, -0.25) is 4.90 Å². The highest BCUT2D eigenvalue weighted by atomic mass is 15.2. The highest BCUT2D eigenvalue weighted by Gasteiger charge is 2.36. The third-order valence-electron chi connectivity index (χ3n) is 3.59. The van der Waals surface area contributed by atoms with E-state index >= 15 is 0 Å². The summed E-state index contributed by atoms with van der Waals surface area (Å²) in [4.78, 5) is 2.63. The number of nitrogens with zero attached hydrogens (tertiary/aromatic N) is 1. The van der Waals surface area contributed by atoms with E-state index < -0.39 is 0 Å². The van der Waals surface area contributed by atoms with Crippen LogP contribution in [0.25, 0.3) is 0 Å². The average molecular weight is 182 g/mol. The highest BCUT2D eigenvalue weighted by Crippen LogP contribution is 2.32. The Kier molecular flexibility index (Phi) is 2.89. The van der Waals surface area contributed by atoms with Gasteiger partial charge in [0, 0.05) is 18.1 Å². The molecule has 13 heavy (non-hydrogen) atoms. The van der Waals surface area contributed by atoms with Crippen LogP contribution in [0.1, 0.15) is 39.0 Å². The summed E-state index contributed by atoms with van der Waals surface area (Å²) < 4.78 is 0. The highest BCUT2D eigenvalue weighted by molar-refractivity contribution is 4.95. The number of rotatable bonds is 4. The predicted octanol–water partition coefficient (Wildman–Crippen LogP) is 1.61. The van der Waals surface area contributed by atoms with E-state index in [-0.39, 0.29) is 0 Å². The normalized spacial score (nSPS) is 34.4. The van der Waals surface area contributed by atoms with E-state index in [0.29, 0.717) is 0 Å². The van der Waals surface area contributed by atoms with E-state index in [1.54, 1.807) is 0 Å². The second-order valence-corrected chi connectivity index (χ2v) is 4.56. The summed E-state index contributed by atoms with van der Waals surface area (Å²) in [5, 5.41) is 3.62. The fraction of sp³-hybridized carbons (Fsp3) is 1.00. The minimum atomic E-state index is 0.774. The molecule has 2 aliphatic rings. The molecule has 76 valence electrons. The molecule has 0 aromatic carbocycles. The zero-order chi connectivity index (χ0) is 9.26. The molecule has 0 spiro atoms. The summed E-state index contributed by atoms with van der Waals surface area (Å²) in [5.41, 5.74) is 0. The van der Waals surface area contributed by atoms with E-state index in [1.807, 2.05) is 0 Å². The summed E-state index contributed by atoms with van der Waals surface area (Å²) in [5.74, 6) is 0. The largest absolute Gasteiger partial charge is 0.313 e. The van der Waals surface area contributed by atoms with E-state index in [2.05, 4.69) is 24.2 Å². The molecule has 0 aromatic heterocycles. The first-order chi connectivity index (χ1) is 6.33. The summed E-state index contributed by atoms with van der Waals surface area (Å²) in [7, 11) is 2.32. The molecule has 0 aromatic rings. The third kappa shape index (κ3) is 2.05. The summed E-state index contributed by atoms with van der Waals surface area (Å²) in [6.45, 7) is 3.34. The van der Waals surface area contributed by atoms with Gasteiger partial charge in [-0.1, -0.05) is 13.3 Å². The maximum atomic E-state index is 3.62. The lowest BCUT2D eigenvalue weighted by Crippen LogP contribution is -2.46. The van der Waals surface area contributed by atoms with Crippen LogP contribution in [0.2, 0.25) is 0 Å². The lowest BCUT2D eigenvalue weighted by Gasteiger charge is -2.30. The summed E-state index contributed by atoms with van der Waals surface area (Å²) >= 11 is 0. The van der Waals surface area contributed by atoms with Crippen molar-refractivity contribution in [2.75, 3.05) is 13.6 Å². The number of likely N-dealkylation sites (N-methyl/N-ethyl adjacent to an activating group) is 2. The summed E-state index contributed by atoms with van der Waals surface area (Å²) in [6, 6.07) is 2.52. The van der Waals surface area contributed by atoms with Crippen LogP contribution in [0.15, 0.2) is 0 Å². The molecule has 2 heteroatoms. The van der Waals surface area contributed by atoms with Gasteiger partial charge in [0.25, 0.3) is 0 Å². The van der Waals surface area contributed by atoms with Crippen molar-refractivity contribution >= 4 is 0 Å². The van der Waals surface area contributed by atoms with Crippen molar-refractivity contribution in [2.45, 2.75) is 57.2 Å². The molecule has 0 aliphatic heterocycles. The van der Waals surface area contributed by atoms with Crippen molar-refractivity contribution < 1.29 is 0 Å². The smallest absolute Gasteiger partial charge is 0.0249 e. The Hall–Kier alpha value is -0.0800. The molecule has 2 unspecified atom stereocenters. The van der Waals surface area contributed by atoms with Crippen LogP contribution in [0.5, 0.6) is 0 Å². The van der Waals surface area contributed by atoms with Crippen LogP contribution in [0.3, 0.4) is 0 Å². The van der Waals surface area contributed by atoms with Crippen LogP contribution in [0, 0.1) is 0 Å². The molecule has 2 rings (SSSR count). The van der Waals surface area contributed by atoms with Gasteiger partial charge < -0.3 is 5.32 Å². The zero-order valence-corrected chi connectivity index (χ0v) is 8.92. The molecule has 0 amide bonds. The zero-order valence-electron chi connectivity index (χ0n) is 8.92. The minimum Gasteiger partial charge on any atom is -0.313 e. The monoisotopic (exact) mass is 182 g/mol. The van der Waals surface area contributed by atoms with E-state index in [4.69, 9.17) is 0 Å². The van der Waals surface area contributed by atoms with Gasteiger partial charge in [0.2, 0.25) is 0 Å². The van der Waals surface area contributed by atoms with Crippen molar-refractivity contribution in [3.05, 3.63) is 0 Å². The molecule has 2 aliphatic carbocycles. The summed E-state index contributed by atoms with van der Waals surface area (Å²) in [6.07, 6.45) is 7.08. The first kappa shape index (κ1) is 9.47. The Balaban J connectivity index is 1.87. The lowest BCUT2D eigenvalue weighted by molar-refractivity contribution is 0.203. The van der Waals surface area contributed by atoms with Crippen LogP contribution in [-0.2, 0) is 0 Å². The molecule has 2 saturated carbocycles. The Morgan fingerprint density at radius 2 is 2.00 bits per heavy atom. The quantitative estimate of drug-likeness (QED) is 0.710. The Morgan fingerprint density at radius 1 is 1.23 bits per heavy atom. The number of hydrogen-bond donors (Lipinski definition) is 1. The standard InChI is InChI=1S/C11H22N2/c1-3-12-10-5-4-6-11(10)13(2)9-7-8-9/h9-12H,3-8H2,1-2H3. The van der Waals surface area contributed by atoms with Gasteiger partial charge in [-0.15, -0.1) is 0 Å². The van der Waals surface area contributed by atoms with Gasteiger partial charge in [-0.2, -0.15) is 0 Å². The minimum absolute atomic E-state index is 0.774. The fourth-order valence-corrected chi connectivity index (χ4v) is 2.68. The Morgan fingerprint density at radius 3 is 2.62 bits per heavy atom. The van der Waals surface area contributed by atoms with E-state index in [1.165, 1.54) is 32.1 Å². The van der Waals surface area contributed by atoms with Crippen LogP contribution >= 0.6 is 0 Å². The van der Waals surface area contributed by atoms with Crippen LogP contribution in [0.4, 0.5) is 0 Å². The van der Waals surface area contributed by atoms with Gasteiger partial charge in [0.05, 0.1) is 0 Å². The van der Waals surface area contributed by atoms with Crippen molar-refractivity contribution in [3.63, 3.8) is 0 Å². The molecular weight excluding hydrogens is 160 g/mol. The molecule has 2 atom stereocenters. The van der Waals surface area contributed by atoms with Crippen molar-refractivity contribution in [1.82, 2.24) is 10.2 Å². The number of nitrogens with one attached hydrogen (secondary N) is 1. The van der Waals surface area contributed by atoms with Crippen molar-refractivity contribution in [1.29, 1.82) is 0 Å². The lowest BCUT2D eigenvalue weighted by atomic mass is 10.1. The second kappa shape index (κ2) is 3.97. The Labute approximate surface area is 81.7 Å². The van der Waals surface area contributed by atoms with Gasteiger partial charge >= 0.3 is 0 Å². The first-order valence-corrected chi connectivity index (χ1v) is 5.78. The van der Waals surface area contributed by atoms with Crippen molar-refractivity contribution in [2.24, 2.45) is 0 Å². The predicted molar refractivity (Wildman–Crippen MR) is 55.9 cm³/mol. The van der Waals surface area contributed by atoms with Crippen LogP contribution < -0.4 is 5.32 Å². The average Bonchev–Trinajstić information content (AvgIpc) is 2.87. The van der Waals surface area contributed by atoms with Gasteiger partial charge in [-0.25, -0.2) is 0 Å². The second-order valence-electron chi connectivity index (χ2n) is 4.56. The molecule has 1 N–H and O–H groups in total. The SMILES string of the molecule is CCNC1CCCC1N(C)C1CC1.